The Morgan fingerprint density at radius 1 is 1.04 bits per heavy atom. The molecule has 0 radical (unpaired) electrons. The maximum Gasteiger partial charge on any atom is 0.274 e. The minimum absolute atomic E-state index is 0.152. The van der Waals surface area contributed by atoms with E-state index in [0.717, 1.165) is 10.8 Å². The van der Waals surface area contributed by atoms with Crippen molar-refractivity contribution >= 4 is 27.5 Å². The minimum atomic E-state index is -2.38. The molecule has 0 aromatic heterocycles. The van der Waals surface area contributed by atoms with E-state index < -0.39 is 27.5 Å². The zero-order valence-corrected chi connectivity index (χ0v) is 15.5. The summed E-state index contributed by atoms with van der Waals surface area (Å²) in [6.45, 7) is 0.853. The van der Waals surface area contributed by atoms with E-state index >= 15 is 0 Å². The molecule has 2 atom stereocenters. The zero-order chi connectivity index (χ0) is 19.7. The van der Waals surface area contributed by atoms with Crippen molar-refractivity contribution in [3.63, 3.8) is 0 Å². The molecule has 144 valence electrons. The molecule has 1 heterocycles. The molecule has 7 nitrogen and oxygen atoms in total. The first-order valence-corrected chi connectivity index (χ1v) is 9.82. The molecule has 0 saturated carbocycles. The van der Waals surface area contributed by atoms with E-state index in [1.165, 1.54) is 12.1 Å². The first-order chi connectivity index (χ1) is 13.6. The normalized spacial score (nSPS) is 16.9. The molecule has 4 rings (SSSR count). The molecule has 0 aliphatic carbocycles. The number of fused-ring (bicyclic) bond motifs is 1. The van der Waals surface area contributed by atoms with E-state index in [2.05, 4.69) is 0 Å². The molecule has 1 fully saturated rings. The lowest BCUT2D eigenvalue weighted by atomic mass is 9.95. The van der Waals surface area contributed by atoms with Gasteiger partial charge in [-0.3, -0.25) is 10.1 Å². The van der Waals surface area contributed by atoms with Gasteiger partial charge in [-0.25, -0.2) is 4.21 Å². The third kappa shape index (κ3) is 3.43. The van der Waals surface area contributed by atoms with Crippen LogP contribution >= 0.6 is 0 Å². The Bertz CT molecular complexity index is 1060. The number of hydrogen-bond donors (Lipinski definition) is 1. The second-order valence-electron chi connectivity index (χ2n) is 6.37. The number of nitro benzene ring substituents is 1. The average molecular weight is 399 g/mol. The van der Waals surface area contributed by atoms with Crippen LogP contribution < -0.4 is 0 Å². The average Bonchev–Trinajstić information content (AvgIpc) is 3.23. The standard InChI is InChI=1S/C20H17NO6S/c22-21(23)18-9-8-14(20-26-10-11-27-20)12-17(18)19(28(24)25)16-7-3-5-13-4-1-2-6-15(13)16/h1-9,12,19-20H,10-11H2,(H,24,25). The van der Waals surface area contributed by atoms with Crippen LogP contribution in [-0.4, -0.2) is 26.9 Å². The van der Waals surface area contributed by atoms with Crippen molar-refractivity contribution < 1.29 is 23.2 Å². The summed E-state index contributed by atoms with van der Waals surface area (Å²) < 4.78 is 33.5. The Morgan fingerprint density at radius 3 is 2.46 bits per heavy atom. The van der Waals surface area contributed by atoms with Gasteiger partial charge in [-0.2, -0.15) is 0 Å². The molecule has 8 heteroatoms. The predicted octanol–water partition coefficient (Wildman–Crippen LogP) is 4.10. The summed E-state index contributed by atoms with van der Waals surface area (Å²) in [4.78, 5) is 11.1. The van der Waals surface area contributed by atoms with Crippen LogP contribution in [0.4, 0.5) is 5.69 Å². The number of hydrogen-bond acceptors (Lipinski definition) is 5. The van der Waals surface area contributed by atoms with Gasteiger partial charge in [0.15, 0.2) is 17.4 Å². The number of rotatable bonds is 5. The lowest BCUT2D eigenvalue weighted by molar-refractivity contribution is -0.385. The Balaban J connectivity index is 1.93. The smallest absolute Gasteiger partial charge is 0.274 e. The Labute approximate surface area is 163 Å². The molecule has 1 saturated heterocycles. The van der Waals surface area contributed by atoms with Crippen molar-refractivity contribution in [2.45, 2.75) is 11.5 Å². The fraction of sp³-hybridized carbons (Fsp3) is 0.200. The van der Waals surface area contributed by atoms with E-state index in [9.17, 15) is 18.9 Å². The van der Waals surface area contributed by atoms with Gasteiger partial charge in [0.2, 0.25) is 0 Å². The molecule has 1 aliphatic heterocycles. The molecular weight excluding hydrogens is 382 g/mol. The third-order valence-corrected chi connectivity index (χ3v) is 5.64. The van der Waals surface area contributed by atoms with Crippen molar-refractivity contribution in [1.82, 2.24) is 0 Å². The van der Waals surface area contributed by atoms with Crippen LogP contribution in [0.5, 0.6) is 0 Å². The van der Waals surface area contributed by atoms with Crippen LogP contribution in [0.3, 0.4) is 0 Å². The highest BCUT2D eigenvalue weighted by Gasteiger charge is 2.31. The minimum Gasteiger partial charge on any atom is -0.346 e. The van der Waals surface area contributed by atoms with Gasteiger partial charge in [0.25, 0.3) is 5.69 Å². The molecule has 0 bridgehead atoms. The quantitative estimate of drug-likeness (QED) is 0.394. The SMILES string of the molecule is O=[N+]([O-])c1ccc(C2OCCO2)cc1C(c1cccc2ccccc12)S(=O)O. The van der Waals surface area contributed by atoms with Crippen molar-refractivity contribution in [3.05, 3.63) is 87.5 Å². The topological polar surface area (TPSA) is 98.9 Å². The van der Waals surface area contributed by atoms with Gasteiger partial charge in [-0.05, 0) is 28.5 Å². The zero-order valence-electron chi connectivity index (χ0n) is 14.7. The van der Waals surface area contributed by atoms with Crippen molar-refractivity contribution in [2.75, 3.05) is 13.2 Å². The summed E-state index contributed by atoms with van der Waals surface area (Å²) in [7, 11) is 0. The van der Waals surface area contributed by atoms with E-state index in [0.29, 0.717) is 24.3 Å². The molecule has 0 spiro atoms. The number of nitrogens with zero attached hydrogens (tertiary/aromatic N) is 1. The maximum absolute atomic E-state index is 12.4. The van der Waals surface area contributed by atoms with Gasteiger partial charge in [0, 0.05) is 11.6 Å². The van der Waals surface area contributed by atoms with Gasteiger partial charge >= 0.3 is 0 Å². The Hall–Kier alpha value is -2.65. The van der Waals surface area contributed by atoms with Crippen molar-refractivity contribution in [2.24, 2.45) is 0 Å². The van der Waals surface area contributed by atoms with Gasteiger partial charge in [-0.15, -0.1) is 0 Å². The Kier molecular flexibility index (Phi) is 5.19. The van der Waals surface area contributed by atoms with Crippen LogP contribution in [0.15, 0.2) is 60.7 Å². The highest BCUT2D eigenvalue weighted by atomic mass is 32.2. The molecular formula is C20H17NO6S. The second-order valence-corrected chi connectivity index (χ2v) is 7.40. The van der Waals surface area contributed by atoms with Crippen molar-refractivity contribution in [1.29, 1.82) is 0 Å². The number of ether oxygens (including phenoxy) is 2. The molecule has 28 heavy (non-hydrogen) atoms. The molecule has 0 amide bonds. The third-order valence-electron chi connectivity index (χ3n) is 4.73. The summed E-state index contributed by atoms with van der Waals surface area (Å²) >= 11 is -2.38. The Morgan fingerprint density at radius 2 is 1.75 bits per heavy atom. The number of nitro groups is 1. The lowest BCUT2D eigenvalue weighted by Gasteiger charge is -2.18. The summed E-state index contributed by atoms with van der Waals surface area (Å²) in [6.07, 6.45) is -0.639. The highest BCUT2D eigenvalue weighted by Crippen LogP contribution is 2.39. The van der Waals surface area contributed by atoms with Gasteiger partial charge < -0.3 is 14.0 Å². The number of benzene rings is 3. The summed E-state index contributed by atoms with van der Waals surface area (Å²) in [5, 5.41) is 12.2. The summed E-state index contributed by atoms with van der Waals surface area (Å²) in [5.74, 6) is 0. The largest absolute Gasteiger partial charge is 0.346 e. The molecule has 3 aromatic rings. The van der Waals surface area contributed by atoms with E-state index in [1.807, 2.05) is 30.3 Å². The molecule has 1 N–H and O–H groups in total. The highest BCUT2D eigenvalue weighted by molar-refractivity contribution is 7.79. The molecule has 2 unspecified atom stereocenters. The van der Waals surface area contributed by atoms with E-state index in [-0.39, 0.29) is 11.3 Å². The predicted molar refractivity (Wildman–Crippen MR) is 104 cm³/mol. The monoisotopic (exact) mass is 399 g/mol. The van der Waals surface area contributed by atoms with Gasteiger partial charge in [0.05, 0.1) is 23.7 Å². The van der Waals surface area contributed by atoms with Crippen LogP contribution in [0.25, 0.3) is 10.8 Å². The second kappa shape index (κ2) is 7.76. The first kappa shape index (κ1) is 18.7. The van der Waals surface area contributed by atoms with E-state index in [4.69, 9.17) is 9.47 Å². The van der Waals surface area contributed by atoms with Gasteiger partial charge in [-0.1, -0.05) is 42.5 Å². The van der Waals surface area contributed by atoms with Crippen LogP contribution in [0, 0.1) is 10.1 Å². The first-order valence-electron chi connectivity index (χ1n) is 8.65. The van der Waals surface area contributed by atoms with E-state index in [1.54, 1.807) is 18.2 Å². The fourth-order valence-electron chi connectivity index (χ4n) is 3.51. The fourth-order valence-corrected chi connectivity index (χ4v) is 4.34. The van der Waals surface area contributed by atoms with Crippen LogP contribution in [0.2, 0.25) is 0 Å². The summed E-state index contributed by atoms with van der Waals surface area (Å²) in [6, 6.07) is 17.2. The maximum atomic E-state index is 12.4. The molecule has 1 aliphatic rings. The van der Waals surface area contributed by atoms with Crippen LogP contribution in [-0.2, 0) is 20.6 Å². The molecule has 3 aromatic carbocycles. The van der Waals surface area contributed by atoms with Crippen molar-refractivity contribution in [3.8, 4) is 0 Å². The summed E-state index contributed by atoms with van der Waals surface area (Å²) in [5.41, 5.74) is 1.06. The lowest BCUT2D eigenvalue weighted by Crippen LogP contribution is -2.12. The van der Waals surface area contributed by atoms with Crippen LogP contribution in [0.1, 0.15) is 28.2 Å². The van der Waals surface area contributed by atoms with Gasteiger partial charge in [0.1, 0.15) is 5.25 Å².